The molecule has 2 aromatic rings. The third-order valence-corrected chi connectivity index (χ3v) is 3.94. The first-order chi connectivity index (χ1) is 13.0. The third kappa shape index (κ3) is 4.59. The number of nitrogens with one attached hydrogen (secondary N) is 1. The number of nitro benzene ring substituents is 1. The van der Waals surface area contributed by atoms with Crippen molar-refractivity contribution in [2.24, 2.45) is 0 Å². The molecular formula is C18H17N3O6. The van der Waals surface area contributed by atoms with Gasteiger partial charge in [0.1, 0.15) is 5.70 Å². The molecule has 1 fully saturated rings. The lowest BCUT2D eigenvalue weighted by Gasteiger charge is -2.27. The van der Waals surface area contributed by atoms with Gasteiger partial charge >= 0.3 is 0 Å². The summed E-state index contributed by atoms with van der Waals surface area (Å²) in [5.41, 5.74) is 0.525. The maximum atomic E-state index is 12.8. The molecule has 2 amide bonds. The number of nitro groups is 1. The van der Waals surface area contributed by atoms with Gasteiger partial charge < -0.3 is 19.4 Å². The fourth-order valence-corrected chi connectivity index (χ4v) is 2.54. The van der Waals surface area contributed by atoms with Gasteiger partial charge in [-0.2, -0.15) is 0 Å². The lowest BCUT2D eigenvalue weighted by molar-refractivity contribution is -0.384. The van der Waals surface area contributed by atoms with Crippen LogP contribution in [0.25, 0.3) is 6.08 Å². The van der Waals surface area contributed by atoms with Gasteiger partial charge in [-0.3, -0.25) is 19.7 Å². The summed E-state index contributed by atoms with van der Waals surface area (Å²) >= 11 is 0. The normalized spacial score (nSPS) is 14.7. The van der Waals surface area contributed by atoms with E-state index in [4.69, 9.17) is 9.15 Å². The van der Waals surface area contributed by atoms with E-state index >= 15 is 0 Å². The van der Waals surface area contributed by atoms with E-state index in [1.165, 1.54) is 42.7 Å². The number of rotatable bonds is 5. The van der Waals surface area contributed by atoms with Gasteiger partial charge in [0.05, 0.1) is 24.4 Å². The fraction of sp³-hybridized carbons (Fsp3) is 0.222. The summed E-state index contributed by atoms with van der Waals surface area (Å²) in [4.78, 5) is 37.0. The minimum atomic E-state index is -0.560. The van der Waals surface area contributed by atoms with E-state index in [2.05, 4.69) is 5.32 Å². The van der Waals surface area contributed by atoms with Crippen molar-refractivity contribution in [2.45, 2.75) is 0 Å². The Morgan fingerprint density at radius 1 is 1.15 bits per heavy atom. The molecule has 9 nitrogen and oxygen atoms in total. The zero-order valence-electron chi connectivity index (χ0n) is 14.3. The molecule has 1 N–H and O–H groups in total. The van der Waals surface area contributed by atoms with Crippen molar-refractivity contribution < 1.29 is 23.7 Å². The van der Waals surface area contributed by atoms with Gasteiger partial charge in [0.25, 0.3) is 17.5 Å². The van der Waals surface area contributed by atoms with Crippen LogP contribution in [-0.2, 0) is 9.53 Å². The predicted molar refractivity (Wildman–Crippen MR) is 94.6 cm³/mol. The second-order valence-corrected chi connectivity index (χ2v) is 5.74. The number of carbonyl (C=O) groups excluding carboxylic acids is 2. The molecule has 1 aromatic heterocycles. The van der Waals surface area contributed by atoms with E-state index in [1.54, 1.807) is 11.0 Å². The lowest BCUT2D eigenvalue weighted by Crippen LogP contribution is -2.44. The summed E-state index contributed by atoms with van der Waals surface area (Å²) in [6, 6.07) is 8.72. The average Bonchev–Trinajstić information content (AvgIpc) is 3.23. The van der Waals surface area contributed by atoms with E-state index in [0.29, 0.717) is 31.9 Å². The molecule has 0 unspecified atom stereocenters. The van der Waals surface area contributed by atoms with E-state index < -0.39 is 10.8 Å². The molecule has 1 saturated heterocycles. The van der Waals surface area contributed by atoms with Gasteiger partial charge in [-0.25, -0.2) is 0 Å². The number of ether oxygens (including phenoxy) is 1. The summed E-state index contributed by atoms with van der Waals surface area (Å²) in [6.45, 7) is 1.66. The Morgan fingerprint density at radius 2 is 1.85 bits per heavy atom. The Morgan fingerprint density at radius 3 is 2.44 bits per heavy atom. The van der Waals surface area contributed by atoms with Gasteiger partial charge in [-0.05, 0) is 35.9 Å². The van der Waals surface area contributed by atoms with Gasteiger partial charge in [-0.15, -0.1) is 0 Å². The lowest BCUT2D eigenvalue weighted by atomic mass is 10.1. The monoisotopic (exact) mass is 371 g/mol. The SMILES string of the molecule is O=C(NC(=Cc1ccc([N+](=O)[O-])cc1)C(=O)N1CCOCC1)c1ccco1. The van der Waals surface area contributed by atoms with Gasteiger partial charge in [-0.1, -0.05) is 0 Å². The molecule has 0 aliphatic carbocycles. The Balaban J connectivity index is 1.86. The van der Waals surface area contributed by atoms with Crippen molar-refractivity contribution in [3.05, 3.63) is 69.8 Å². The molecule has 0 spiro atoms. The molecule has 0 atom stereocenters. The van der Waals surface area contributed by atoms with Gasteiger partial charge in [0.15, 0.2) is 5.76 Å². The maximum absolute atomic E-state index is 12.8. The van der Waals surface area contributed by atoms with Crippen LogP contribution in [0.5, 0.6) is 0 Å². The van der Waals surface area contributed by atoms with E-state index in [0.717, 1.165) is 0 Å². The summed E-state index contributed by atoms with van der Waals surface area (Å²) in [5.74, 6) is -0.856. The van der Waals surface area contributed by atoms with Crippen LogP contribution in [0.1, 0.15) is 16.1 Å². The van der Waals surface area contributed by atoms with E-state index in [-0.39, 0.29) is 23.1 Å². The molecule has 140 valence electrons. The highest BCUT2D eigenvalue weighted by atomic mass is 16.6. The number of morpholine rings is 1. The number of non-ortho nitro benzene ring substituents is 1. The summed E-state index contributed by atoms with van der Waals surface area (Å²) in [7, 11) is 0. The molecule has 1 aromatic carbocycles. The highest BCUT2D eigenvalue weighted by Crippen LogP contribution is 2.15. The Kier molecular flexibility index (Phi) is 5.62. The Hall–Kier alpha value is -3.46. The van der Waals surface area contributed by atoms with E-state index in [1.807, 2.05) is 0 Å². The van der Waals surface area contributed by atoms with Gasteiger partial charge in [0, 0.05) is 25.2 Å². The van der Waals surface area contributed by atoms with Gasteiger partial charge in [0.2, 0.25) is 0 Å². The number of carbonyl (C=O) groups is 2. The number of amides is 2. The van der Waals surface area contributed by atoms with Crippen LogP contribution in [0, 0.1) is 10.1 Å². The van der Waals surface area contributed by atoms with Crippen molar-refractivity contribution in [2.75, 3.05) is 26.3 Å². The van der Waals surface area contributed by atoms with Crippen LogP contribution in [0.3, 0.4) is 0 Å². The van der Waals surface area contributed by atoms with Crippen LogP contribution >= 0.6 is 0 Å². The fourth-order valence-electron chi connectivity index (χ4n) is 2.54. The maximum Gasteiger partial charge on any atom is 0.291 e. The number of furan rings is 1. The second kappa shape index (κ2) is 8.28. The minimum Gasteiger partial charge on any atom is -0.459 e. The summed E-state index contributed by atoms with van der Waals surface area (Å²) in [6.07, 6.45) is 2.83. The van der Waals surface area contributed by atoms with Crippen molar-refractivity contribution >= 4 is 23.6 Å². The number of hydrogen-bond donors (Lipinski definition) is 1. The smallest absolute Gasteiger partial charge is 0.291 e. The molecule has 9 heteroatoms. The second-order valence-electron chi connectivity index (χ2n) is 5.74. The first-order valence-electron chi connectivity index (χ1n) is 8.22. The molecule has 3 rings (SSSR count). The largest absolute Gasteiger partial charge is 0.459 e. The summed E-state index contributed by atoms with van der Waals surface area (Å²) < 4.78 is 10.3. The van der Waals surface area contributed by atoms with Crippen LogP contribution in [0.15, 0.2) is 52.8 Å². The Bertz CT molecular complexity index is 852. The third-order valence-electron chi connectivity index (χ3n) is 3.94. The first kappa shape index (κ1) is 18.3. The number of benzene rings is 1. The molecule has 1 aliphatic rings. The van der Waals surface area contributed by atoms with Crippen LogP contribution < -0.4 is 5.32 Å². The highest BCUT2D eigenvalue weighted by molar-refractivity contribution is 6.04. The Labute approximate surface area is 154 Å². The summed E-state index contributed by atoms with van der Waals surface area (Å²) in [5, 5.41) is 13.3. The van der Waals surface area contributed by atoms with Crippen LogP contribution in [0.4, 0.5) is 5.69 Å². The standard InChI is InChI=1S/C18H17N3O6/c22-17(16-2-1-9-27-16)19-15(18(23)20-7-10-26-11-8-20)12-13-3-5-14(6-4-13)21(24)25/h1-6,9,12H,7-8,10-11H2,(H,19,22). The molecule has 1 aliphatic heterocycles. The molecule has 0 saturated carbocycles. The molecule has 0 radical (unpaired) electrons. The zero-order valence-corrected chi connectivity index (χ0v) is 14.3. The highest BCUT2D eigenvalue weighted by Gasteiger charge is 2.23. The van der Waals surface area contributed by atoms with Crippen molar-refractivity contribution in [3.8, 4) is 0 Å². The molecule has 27 heavy (non-hydrogen) atoms. The molecule has 0 bridgehead atoms. The predicted octanol–water partition coefficient (Wildman–Crippen LogP) is 1.82. The van der Waals surface area contributed by atoms with Crippen LogP contribution in [-0.4, -0.2) is 47.9 Å². The average molecular weight is 371 g/mol. The number of nitrogens with zero attached hydrogens (tertiary/aromatic N) is 2. The minimum absolute atomic E-state index is 0.0483. The van der Waals surface area contributed by atoms with Crippen LogP contribution in [0.2, 0.25) is 0 Å². The number of hydrogen-bond acceptors (Lipinski definition) is 6. The van der Waals surface area contributed by atoms with Crippen molar-refractivity contribution in [1.82, 2.24) is 10.2 Å². The molecular weight excluding hydrogens is 354 g/mol. The molecule has 2 heterocycles. The topological polar surface area (TPSA) is 115 Å². The van der Waals surface area contributed by atoms with Crippen molar-refractivity contribution in [3.63, 3.8) is 0 Å². The zero-order chi connectivity index (χ0) is 19.2. The van der Waals surface area contributed by atoms with Crippen molar-refractivity contribution in [1.29, 1.82) is 0 Å². The first-order valence-corrected chi connectivity index (χ1v) is 8.22. The van der Waals surface area contributed by atoms with E-state index in [9.17, 15) is 19.7 Å². The quantitative estimate of drug-likeness (QED) is 0.487.